The van der Waals surface area contributed by atoms with Crippen LogP contribution in [0.3, 0.4) is 0 Å². The highest BCUT2D eigenvalue weighted by Crippen LogP contribution is 2.30. The molecule has 3 N–H and O–H groups in total. The molecule has 2 aromatic carbocycles. The Morgan fingerprint density at radius 1 is 1.20 bits per heavy atom. The molecule has 5 nitrogen and oxygen atoms in total. The van der Waals surface area contributed by atoms with Crippen LogP contribution in [-0.2, 0) is 0 Å². The van der Waals surface area contributed by atoms with E-state index >= 15 is 0 Å². The van der Waals surface area contributed by atoms with Gasteiger partial charge in [-0.1, -0.05) is 30.4 Å². The smallest absolute Gasteiger partial charge is 0.319 e. The van der Waals surface area contributed by atoms with Crippen molar-refractivity contribution in [1.29, 1.82) is 0 Å². The number of hydrogen-bond acceptors (Lipinski definition) is 3. The number of ether oxygens (including phenoxy) is 1. The molecule has 0 spiro atoms. The van der Waals surface area contributed by atoms with Crippen molar-refractivity contribution in [1.82, 2.24) is 5.32 Å². The van der Waals surface area contributed by atoms with E-state index in [1.54, 1.807) is 12.1 Å². The van der Waals surface area contributed by atoms with Crippen molar-refractivity contribution in [3.05, 3.63) is 66.5 Å². The molecule has 6 heteroatoms. The summed E-state index contributed by atoms with van der Waals surface area (Å²) in [5, 5.41) is 14.5. The molecule has 0 aromatic heterocycles. The highest BCUT2D eigenvalue weighted by molar-refractivity contribution is 5.91. The van der Waals surface area contributed by atoms with Gasteiger partial charge in [0.1, 0.15) is 11.6 Å². The second-order valence-corrected chi connectivity index (χ2v) is 5.82. The largest absolute Gasteiger partial charge is 0.455 e. The number of nitrogens with one attached hydrogen (secondary N) is 2. The first-order chi connectivity index (χ1) is 12.1. The predicted molar refractivity (Wildman–Crippen MR) is 93.2 cm³/mol. The third kappa shape index (κ3) is 4.58. The fourth-order valence-electron chi connectivity index (χ4n) is 2.65. The van der Waals surface area contributed by atoms with Crippen molar-refractivity contribution in [3.63, 3.8) is 0 Å². The minimum Gasteiger partial charge on any atom is -0.455 e. The van der Waals surface area contributed by atoms with Crippen LogP contribution in [0.2, 0.25) is 0 Å². The van der Waals surface area contributed by atoms with Crippen LogP contribution in [-0.4, -0.2) is 23.8 Å². The Hall–Kier alpha value is -2.86. The summed E-state index contributed by atoms with van der Waals surface area (Å²) in [4.78, 5) is 12.2. The minimum atomic E-state index is -0.475. The van der Waals surface area contributed by atoms with E-state index in [0.29, 0.717) is 17.9 Å². The molecular formula is C19H19FN2O3. The van der Waals surface area contributed by atoms with Gasteiger partial charge in [0.15, 0.2) is 5.75 Å². The summed E-state index contributed by atoms with van der Waals surface area (Å²) in [5.41, 5.74) is 0.238. The number of aliphatic hydroxyl groups excluding tert-OH is 1. The molecule has 3 rings (SSSR count). The van der Waals surface area contributed by atoms with Gasteiger partial charge < -0.3 is 20.5 Å². The molecule has 2 amide bonds. The third-order valence-electron chi connectivity index (χ3n) is 3.88. The van der Waals surface area contributed by atoms with Crippen LogP contribution in [0.4, 0.5) is 14.9 Å². The summed E-state index contributed by atoms with van der Waals surface area (Å²) >= 11 is 0. The fourth-order valence-corrected chi connectivity index (χ4v) is 2.65. The van der Waals surface area contributed by atoms with Gasteiger partial charge in [-0.15, -0.1) is 0 Å². The number of halogens is 1. The molecule has 0 unspecified atom stereocenters. The molecule has 0 radical (unpaired) electrons. The molecule has 2 aromatic rings. The van der Waals surface area contributed by atoms with E-state index in [1.165, 1.54) is 18.2 Å². The topological polar surface area (TPSA) is 70.6 Å². The first-order valence-corrected chi connectivity index (χ1v) is 8.03. The molecule has 0 aliphatic heterocycles. The van der Waals surface area contributed by atoms with Gasteiger partial charge in [0.2, 0.25) is 0 Å². The van der Waals surface area contributed by atoms with E-state index in [0.717, 1.165) is 0 Å². The molecular weight excluding hydrogens is 323 g/mol. The Morgan fingerprint density at radius 3 is 2.72 bits per heavy atom. The van der Waals surface area contributed by atoms with Crippen molar-refractivity contribution < 1.29 is 19.0 Å². The molecule has 0 heterocycles. The SMILES string of the molecule is O=C(Nc1cc(F)ccc1Oc1ccccc1)N[C@@H]1C=C[C@H](CO)C1. The molecule has 1 aliphatic rings. The summed E-state index contributed by atoms with van der Waals surface area (Å²) in [6.07, 6.45) is 4.35. The highest BCUT2D eigenvalue weighted by atomic mass is 19.1. The molecule has 0 saturated heterocycles. The number of carbonyl (C=O) groups excluding carboxylic acids is 1. The zero-order valence-corrected chi connectivity index (χ0v) is 13.5. The van der Waals surface area contributed by atoms with Gasteiger partial charge in [-0.3, -0.25) is 0 Å². The maximum Gasteiger partial charge on any atom is 0.319 e. The van der Waals surface area contributed by atoms with Crippen molar-refractivity contribution in [3.8, 4) is 11.5 Å². The van der Waals surface area contributed by atoms with Crippen LogP contribution in [0, 0.1) is 11.7 Å². The number of para-hydroxylation sites is 1. The lowest BCUT2D eigenvalue weighted by Crippen LogP contribution is -2.36. The molecule has 130 valence electrons. The molecule has 25 heavy (non-hydrogen) atoms. The first-order valence-electron chi connectivity index (χ1n) is 8.03. The number of urea groups is 1. The van der Waals surface area contributed by atoms with E-state index in [9.17, 15) is 9.18 Å². The Kier molecular flexibility index (Phi) is 5.30. The number of amides is 2. The second kappa shape index (κ2) is 7.81. The number of benzene rings is 2. The van der Waals surface area contributed by atoms with Gasteiger partial charge in [-0.2, -0.15) is 0 Å². The van der Waals surface area contributed by atoms with E-state index < -0.39 is 11.8 Å². The quantitative estimate of drug-likeness (QED) is 0.726. The standard InChI is InChI=1S/C19H19FN2O3/c20-14-7-9-18(25-16-4-2-1-3-5-16)17(11-14)22-19(24)21-15-8-6-13(10-15)12-23/h1-9,11,13,15,23H,10,12H2,(H2,21,22,24)/t13-,15+/m0/s1. The van der Waals surface area contributed by atoms with Crippen molar-refractivity contribution in [2.24, 2.45) is 5.92 Å². The predicted octanol–water partition coefficient (Wildman–Crippen LogP) is 3.68. The van der Waals surface area contributed by atoms with Gasteiger partial charge in [0.25, 0.3) is 0 Å². The fraction of sp³-hybridized carbons (Fsp3) is 0.211. The molecule has 0 bridgehead atoms. The normalized spacial score (nSPS) is 18.8. The summed E-state index contributed by atoms with van der Waals surface area (Å²) in [7, 11) is 0. The van der Waals surface area contributed by atoms with Gasteiger partial charge in [-0.05, 0) is 30.7 Å². The first kappa shape index (κ1) is 17.0. The highest BCUT2D eigenvalue weighted by Gasteiger charge is 2.20. The summed E-state index contributed by atoms with van der Waals surface area (Å²) in [6.45, 7) is 0.0509. The number of hydrogen-bond donors (Lipinski definition) is 3. The molecule has 1 aliphatic carbocycles. The number of rotatable bonds is 5. The second-order valence-electron chi connectivity index (χ2n) is 5.82. The van der Waals surface area contributed by atoms with E-state index in [-0.39, 0.29) is 24.3 Å². The minimum absolute atomic E-state index is 0.0509. The number of aliphatic hydroxyl groups is 1. The van der Waals surface area contributed by atoms with Crippen molar-refractivity contribution in [2.75, 3.05) is 11.9 Å². The number of anilines is 1. The monoisotopic (exact) mass is 342 g/mol. The molecule has 0 fully saturated rings. The maximum atomic E-state index is 13.6. The zero-order valence-electron chi connectivity index (χ0n) is 13.5. The van der Waals surface area contributed by atoms with Crippen molar-refractivity contribution in [2.45, 2.75) is 12.5 Å². The lowest BCUT2D eigenvalue weighted by molar-refractivity contribution is 0.238. The maximum absolute atomic E-state index is 13.6. The van der Waals surface area contributed by atoms with Gasteiger partial charge >= 0.3 is 6.03 Å². The van der Waals surface area contributed by atoms with E-state index in [1.807, 2.05) is 30.4 Å². The summed E-state index contributed by atoms with van der Waals surface area (Å²) in [5.74, 6) is 0.508. The summed E-state index contributed by atoms with van der Waals surface area (Å²) < 4.78 is 19.3. The van der Waals surface area contributed by atoms with Gasteiger partial charge in [-0.25, -0.2) is 9.18 Å². The van der Waals surface area contributed by atoms with Gasteiger partial charge in [0.05, 0.1) is 5.69 Å². The van der Waals surface area contributed by atoms with Crippen LogP contribution >= 0.6 is 0 Å². The lowest BCUT2D eigenvalue weighted by Gasteiger charge is -2.16. The van der Waals surface area contributed by atoms with Gasteiger partial charge in [0, 0.05) is 24.6 Å². The van der Waals surface area contributed by atoms with Crippen LogP contribution < -0.4 is 15.4 Å². The summed E-state index contributed by atoms with van der Waals surface area (Å²) in [6, 6.07) is 12.4. The van der Waals surface area contributed by atoms with Crippen LogP contribution in [0.5, 0.6) is 11.5 Å². The zero-order chi connectivity index (χ0) is 17.6. The Bertz CT molecular complexity index is 765. The number of carbonyl (C=O) groups is 1. The molecule has 2 atom stereocenters. The third-order valence-corrected chi connectivity index (χ3v) is 3.88. The average molecular weight is 342 g/mol. The van der Waals surface area contributed by atoms with Crippen molar-refractivity contribution >= 4 is 11.7 Å². The van der Waals surface area contributed by atoms with E-state index in [2.05, 4.69) is 10.6 Å². The molecule has 0 saturated carbocycles. The average Bonchev–Trinajstić information content (AvgIpc) is 3.05. The van der Waals surface area contributed by atoms with E-state index in [4.69, 9.17) is 9.84 Å². The Labute approximate surface area is 145 Å². The van der Waals surface area contributed by atoms with Crippen LogP contribution in [0.15, 0.2) is 60.7 Å². The Balaban J connectivity index is 1.68. The van der Waals surface area contributed by atoms with Crippen LogP contribution in [0.25, 0.3) is 0 Å². The lowest BCUT2D eigenvalue weighted by atomic mass is 10.1. The van der Waals surface area contributed by atoms with Crippen LogP contribution in [0.1, 0.15) is 6.42 Å². The Morgan fingerprint density at radius 2 is 2.00 bits per heavy atom.